The maximum atomic E-state index is 12.2. The molecule has 98 valence electrons. The smallest absolute Gasteiger partial charge is 0.252 e. The molecule has 0 aliphatic heterocycles. The molecule has 1 heterocycles. The maximum Gasteiger partial charge on any atom is 0.252 e. The monoisotopic (exact) mass is 277 g/mol. The van der Waals surface area contributed by atoms with E-state index in [-0.39, 0.29) is 16.2 Å². The molecule has 17 heavy (non-hydrogen) atoms. The molecule has 4 nitrogen and oxygen atoms in total. The Hall–Kier alpha value is -0.430. The average Bonchev–Trinajstić information content (AvgIpc) is 2.63. The number of hydrogen-bond donors (Lipinski definition) is 1. The van der Waals surface area contributed by atoms with Crippen LogP contribution in [0, 0.1) is 5.41 Å². The van der Waals surface area contributed by atoms with Crippen LogP contribution in [0.4, 0.5) is 0 Å². The first-order chi connectivity index (χ1) is 7.66. The van der Waals surface area contributed by atoms with E-state index in [1.807, 2.05) is 20.8 Å². The van der Waals surface area contributed by atoms with Crippen molar-refractivity contribution in [2.75, 3.05) is 13.6 Å². The summed E-state index contributed by atoms with van der Waals surface area (Å²) in [7, 11) is -1.84. The molecule has 0 unspecified atom stereocenters. The quantitative estimate of drug-likeness (QED) is 0.914. The van der Waals surface area contributed by atoms with E-state index in [4.69, 9.17) is 5.11 Å². The van der Waals surface area contributed by atoms with Crippen LogP contribution in [0.15, 0.2) is 15.7 Å². The van der Waals surface area contributed by atoms with Gasteiger partial charge in [-0.3, -0.25) is 0 Å². The summed E-state index contributed by atoms with van der Waals surface area (Å²) in [6, 6.07) is 1.53. The molecular weight excluding hydrogens is 258 g/mol. The van der Waals surface area contributed by atoms with E-state index in [9.17, 15) is 8.42 Å². The average molecular weight is 277 g/mol. The standard InChI is InChI=1S/C11H19NO3S2/c1-11(2,3)8-12(4)17(14,15)10-5-9(6-13)7-16-10/h5,7,13H,6,8H2,1-4H3. The molecule has 0 bridgehead atoms. The summed E-state index contributed by atoms with van der Waals surface area (Å²) in [4.78, 5) is 0. The lowest BCUT2D eigenvalue weighted by Gasteiger charge is -2.25. The third-order valence-electron chi connectivity index (χ3n) is 2.17. The van der Waals surface area contributed by atoms with E-state index in [1.54, 1.807) is 12.4 Å². The van der Waals surface area contributed by atoms with Crippen LogP contribution in [0.25, 0.3) is 0 Å². The molecule has 1 aromatic rings. The first kappa shape index (κ1) is 14.6. The molecule has 0 saturated carbocycles. The molecule has 0 aliphatic carbocycles. The van der Waals surface area contributed by atoms with Crippen molar-refractivity contribution in [1.82, 2.24) is 4.31 Å². The summed E-state index contributed by atoms with van der Waals surface area (Å²) in [5.74, 6) is 0. The fourth-order valence-electron chi connectivity index (χ4n) is 1.48. The molecule has 0 aromatic carbocycles. The van der Waals surface area contributed by atoms with Gasteiger partial charge < -0.3 is 5.11 Å². The third kappa shape index (κ3) is 3.77. The predicted octanol–water partition coefficient (Wildman–Crippen LogP) is 1.91. The van der Waals surface area contributed by atoms with Crippen LogP contribution < -0.4 is 0 Å². The number of nitrogens with zero attached hydrogens (tertiary/aromatic N) is 1. The molecule has 6 heteroatoms. The maximum absolute atomic E-state index is 12.2. The van der Waals surface area contributed by atoms with E-state index >= 15 is 0 Å². The van der Waals surface area contributed by atoms with Crippen LogP contribution in [-0.2, 0) is 16.6 Å². The van der Waals surface area contributed by atoms with Gasteiger partial charge in [-0.1, -0.05) is 20.8 Å². The minimum atomic E-state index is -3.42. The van der Waals surface area contributed by atoms with Gasteiger partial charge in [-0.2, -0.15) is 4.31 Å². The minimum Gasteiger partial charge on any atom is -0.392 e. The Morgan fingerprint density at radius 1 is 1.41 bits per heavy atom. The molecule has 1 N–H and O–H groups in total. The van der Waals surface area contributed by atoms with Crippen molar-refractivity contribution in [3.8, 4) is 0 Å². The van der Waals surface area contributed by atoms with Gasteiger partial charge in [-0.05, 0) is 22.4 Å². The van der Waals surface area contributed by atoms with Gasteiger partial charge in [0.15, 0.2) is 0 Å². The Labute approximate surface area is 107 Å². The first-order valence-electron chi connectivity index (χ1n) is 5.31. The molecule has 0 spiro atoms. The van der Waals surface area contributed by atoms with Gasteiger partial charge in [0.1, 0.15) is 4.21 Å². The summed E-state index contributed by atoms with van der Waals surface area (Å²) in [5, 5.41) is 10.6. The van der Waals surface area contributed by atoms with E-state index in [0.29, 0.717) is 12.1 Å². The van der Waals surface area contributed by atoms with Crippen LogP contribution in [0.2, 0.25) is 0 Å². The molecule has 0 radical (unpaired) electrons. The molecule has 0 fully saturated rings. The fraction of sp³-hybridized carbons (Fsp3) is 0.636. The predicted molar refractivity (Wildman–Crippen MR) is 69.5 cm³/mol. The number of aliphatic hydroxyl groups is 1. The fourth-order valence-corrected chi connectivity index (χ4v) is 4.28. The number of rotatable bonds is 4. The van der Waals surface area contributed by atoms with Gasteiger partial charge in [-0.15, -0.1) is 11.3 Å². The highest BCUT2D eigenvalue weighted by Gasteiger charge is 2.26. The SMILES string of the molecule is CN(CC(C)(C)C)S(=O)(=O)c1cc(CO)cs1. The van der Waals surface area contributed by atoms with Crippen LogP contribution in [0.1, 0.15) is 26.3 Å². The summed E-state index contributed by atoms with van der Waals surface area (Å²) >= 11 is 1.15. The molecule has 1 rings (SSSR count). The second-order valence-corrected chi connectivity index (χ2v) is 8.44. The summed E-state index contributed by atoms with van der Waals surface area (Å²) in [5.41, 5.74) is 0.552. The van der Waals surface area contributed by atoms with Crippen molar-refractivity contribution in [1.29, 1.82) is 0 Å². The Morgan fingerprint density at radius 3 is 2.41 bits per heavy atom. The van der Waals surface area contributed by atoms with Gasteiger partial charge in [0, 0.05) is 13.6 Å². The second-order valence-electron chi connectivity index (χ2n) is 5.25. The number of sulfonamides is 1. The zero-order chi connectivity index (χ0) is 13.3. The molecule has 0 atom stereocenters. The Kier molecular flexibility index (Phi) is 4.35. The Bertz CT molecular complexity index is 471. The van der Waals surface area contributed by atoms with Gasteiger partial charge in [-0.25, -0.2) is 8.42 Å². The first-order valence-corrected chi connectivity index (χ1v) is 7.63. The molecular formula is C11H19NO3S2. The summed E-state index contributed by atoms with van der Waals surface area (Å²) in [6.07, 6.45) is 0. The molecule has 1 aromatic heterocycles. The number of hydrogen-bond acceptors (Lipinski definition) is 4. The lowest BCUT2D eigenvalue weighted by atomic mass is 9.97. The zero-order valence-electron chi connectivity index (χ0n) is 10.6. The molecule has 0 saturated heterocycles. The minimum absolute atomic E-state index is 0.0844. The number of aliphatic hydroxyl groups excluding tert-OH is 1. The third-order valence-corrected chi connectivity index (χ3v) is 5.44. The molecule has 0 aliphatic rings. The van der Waals surface area contributed by atoms with E-state index in [2.05, 4.69) is 0 Å². The van der Waals surface area contributed by atoms with Crippen LogP contribution in [0.3, 0.4) is 0 Å². The van der Waals surface area contributed by atoms with Crippen molar-refractivity contribution in [3.63, 3.8) is 0 Å². The largest absolute Gasteiger partial charge is 0.392 e. The van der Waals surface area contributed by atoms with Gasteiger partial charge in [0.25, 0.3) is 10.0 Å². The van der Waals surface area contributed by atoms with Gasteiger partial charge in [0.2, 0.25) is 0 Å². The van der Waals surface area contributed by atoms with Gasteiger partial charge in [0.05, 0.1) is 6.61 Å². The topological polar surface area (TPSA) is 57.6 Å². The Morgan fingerprint density at radius 2 is 2.00 bits per heavy atom. The van der Waals surface area contributed by atoms with Crippen LogP contribution >= 0.6 is 11.3 Å². The van der Waals surface area contributed by atoms with Crippen LogP contribution in [0.5, 0.6) is 0 Å². The van der Waals surface area contributed by atoms with Crippen molar-refractivity contribution in [2.24, 2.45) is 5.41 Å². The second kappa shape index (κ2) is 5.06. The van der Waals surface area contributed by atoms with Crippen molar-refractivity contribution < 1.29 is 13.5 Å². The zero-order valence-corrected chi connectivity index (χ0v) is 12.2. The van der Waals surface area contributed by atoms with E-state index < -0.39 is 10.0 Å². The highest BCUT2D eigenvalue weighted by molar-refractivity contribution is 7.91. The van der Waals surface area contributed by atoms with Crippen molar-refractivity contribution in [3.05, 3.63) is 17.0 Å². The van der Waals surface area contributed by atoms with E-state index in [1.165, 1.54) is 10.4 Å². The normalized spacial score (nSPS) is 13.3. The van der Waals surface area contributed by atoms with Crippen molar-refractivity contribution in [2.45, 2.75) is 31.6 Å². The summed E-state index contributed by atoms with van der Waals surface area (Å²) < 4.78 is 26.0. The summed E-state index contributed by atoms with van der Waals surface area (Å²) in [6.45, 7) is 6.31. The van der Waals surface area contributed by atoms with E-state index in [0.717, 1.165) is 11.3 Å². The van der Waals surface area contributed by atoms with Crippen LogP contribution in [-0.4, -0.2) is 31.4 Å². The lowest BCUT2D eigenvalue weighted by molar-refractivity contribution is 0.282. The highest BCUT2D eigenvalue weighted by atomic mass is 32.2. The highest BCUT2D eigenvalue weighted by Crippen LogP contribution is 2.25. The lowest BCUT2D eigenvalue weighted by Crippen LogP contribution is -2.34. The van der Waals surface area contributed by atoms with Crippen molar-refractivity contribution >= 4 is 21.4 Å². The Balaban J connectivity index is 2.95. The van der Waals surface area contributed by atoms with Gasteiger partial charge >= 0.3 is 0 Å². The number of thiophene rings is 1. The molecule has 0 amide bonds.